The van der Waals surface area contributed by atoms with E-state index >= 15 is 0 Å². The van der Waals surface area contributed by atoms with Crippen molar-refractivity contribution < 1.29 is 14.6 Å². The number of nitrogen functional groups attached to an aromatic ring is 1. The molecule has 206 valence electrons. The number of nitrogens with zero attached hydrogens (tertiary/aromatic N) is 6. The van der Waals surface area contributed by atoms with E-state index < -0.39 is 0 Å². The Morgan fingerprint density at radius 1 is 1.18 bits per heavy atom. The lowest BCUT2D eigenvalue weighted by Crippen LogP contribution is -2.72. The van der Waals surface area contributed by atoms with Crippen LogP contribution in [0.15, 0.2) is 24.4 Å². The Kier molecular flexibility index (Phi) is 8.68. The fourth-order valence-electron chi connectivity index (χ4n) is 5.28. The van der Waals surface area contributed by atoms with Gasteiger partial charge in [0.15, 0.2) is 5.82 Å². The fourth-order valence-corrected chi connectivity index (χ4v) is 5.28. The van der Waals surface area contributed by atoms with Crippen molar-refractivity contribution in [2.75, 3.05) is 57.5 Å². The van der Waals surface area contributed by atoms with Gasteiger partial charge in [0.05, 0.1) is 19.9 Å². The number of hydrogen-bond donors (Lipinski definition) is 3. The van der Waals surface area contributed by atoms with Crippen molar-refractivity contribution in [2.45, 2.75) is 46.7 Å². The van der Waals surface area contributed by atoms with Gasteiger partial charge in [-0.2, -0.15) is 10.1 Å². The molecule has 0 bridgehead atoms. The van der Waals surface area contributed by atoms with E-state index in [0.717, 1.165) is 74.5 Å². The van der Waals surface area contributed by atoms with Crippen LogP contribution < -0.4 is 15.8 Å². The SMILES string of the molecule is CCCCNc1nc(N)nc2cnn(Cc3ccc(CN4CC5(C4)CN(C(C)=O)C5)cc3OC)c12.CCO. The molecule has 0 saturated carbocycles. The van der Waals surface area contributed by atoms with Crippen LogP contribution in [0, 0.1) is 5.41 Å². The van der Waals surface area contributed by atoms with Crippen molar-refractivity contribution in [2.24, 2.45) is 5.41 Å². The number of aliphatic hydroxyl groups is 1. The quantitative estimate of drug-likeness (QED) is 0.361. The molecule has 2 aromatic heterocycles. The minimum Gasteiger partial charge on any atom is -0.496 e. The number of nitrogens with two attached hydrogens (primary N) is 1. The van der Waals surface area contributed by atoms with Gasteiger partial charge in [0, 0.05) is 63.8 Å². The number of carbonyl (C=O) groups excluding carboxylic acids is 1. The average Bonchev–Trinajstić information content (AvgIpc) is 3.23. The predicted octanol–water partition coefficient (Wildman–Crippen LogP) is 2.34. The van der Waals surface area contributed by atoms with Gasteiger partial charge in [-0.25, -0.2) is 4.98 Å². The number of unbranched alkanes of at least 4 members (excludes halogenated alkanes) is 1. The average molecular weight is 525 g/mol. The minimum absolute atomic E-state index is 0.179. The summed E-state index contributed by atoms with van der Waals surface area (Å²) in [5, 5.41) is 15.5. The van der Waals surface area contributed by atoms with Gasteiger partial charge in [0.25, 0.3) is 0 Å². The molecule has 0 atom stereocenters. The molecule has 4 heterocycles. The Hall–Kier alpha value is -3.44. The number of anilines is 2. The monoisotopic (exact) mass is 524 g/mol. The first kappa shape index (κ1) is 27.6. The van der Waals surface area contributed by atoms with Crippen LogP contribution in [0.3, 0.4) is 0 Å². The summed E-state index contributed by atoms with van der Waals surface area (Å²) in [6, 6.07) is 6.38. The van der Waals surface area contributed by atoms with E-state index in [0.29, 0.717) is 17.8 Å². The Morgan fingerprint density at radius 3 is 2.58 bits per heavy atom. The van der Waals surface area contributed by atoms with E-state index in [4.69, 9.17) is 15.6 Å². The Balaban J connectivity index is 0.00000107. The Morgan fingerprint density at radius 2 is 1.92 bits per heavy atom. The summed E-state index contributed by atoms with van der Waals surface area (Å²) in [5.74, 6) is 1.96. The summed E-state index contributed by atoms with van der Waals surface area (Å²) in [7, 11) is 1.70. The number of carbonyl (C=O) groups is 1. The largest absolute Gasteiger partial charge is 0.496 e. The third-order valence-corrected chi connectivity index (χ3v) is 7.02. The number of ether oxygens (including phenoxy) is 1. The molecule has 2 fully saturated rings. The van der Waals surface area contributed by atoms with E-state index in [1.54, 1.807) is 27.2 Å². The van der Waals surface area contributed by atoms with E-state index in [1.807, 2.05) is 9.58 Å². The summed E-state index contributed by atoms with van der Waals surface area (Å²) in [5.41, 5.74) is 10.0. The van der Waals surface area contributed by atoms with Crippen LogP contribution in [-0.4, -0.2) is 87.0 Å². The number of likely N-dealkylation sites (tertiary alicyclic amines) is 2. The van der Waals surface area contributed by atoms with Gasteiger partial charge in [-0.3, -0.25) is 14.4 Å². The first-order valence-electron chi connectivity index (χ1n) is 13.3. The smallest absolute Gasteiger partial charge is 0.222 e. The summed E-state index contributed by atoms with van der Waals surface area (Å²) in [4.78, 5) is 24.6. The zero-order chi connectivity index (χ0) is 27.3. The van der Waals surface area contributed by atoms with E-state index in [2.05, 4.69) is 50.4 Å². The first-order valence-corrected chi connectivity index (χ1v) is 13.3. The normalized spacial score (nSPS) is 16.0. The van der Waals surface area contributed by atoms with Crippen LogP contribution in [0.1, 0.15) is 44.7 Å². The molecule has 0 unspecified atom stereocenters. The number of aromatic nitrogens is 4. The number of benzene rings is 1. The number of methoxy groups -OCH3 is 1. The Bertz CT molecular complexity index is 1250. The van der Waals surface area contributed by atoms with Gasteiger partial charge >= 0.3 is 0 Å². The second-order valence-corrected chi connectivity index (χ2v) is 10.2. The van der Waals surface area contributed by atoms with Crippen LogP contribution in [0.2, 0.25) is 0 Å². The summed E-state index contributed by atoms with van der Waals surface area (Å²) in [6.45, 7) is 11.8. The minimum atomic E-state index is 0.179. The molecule has 2 saturated heterocycles. The molecule has 5 rings (SSSR count). The van der Waals surface area contributed by atoms with E-state index in [9.17, 15) is 4.79 Å². The second-order valence-electron chi connectivity index (χ2n) is 10.2. The molecule has 0 aliphatic carbocycles. The van der Waals surface area contributed by atoms with Crippen molar-refractivity contribution in [1.82, 2.24) is 29.5 Å². The Labute approximate surface area is 224 Å². The van der Waals surface area contributed by atoms with Crippen LogP contribution in [-0.2, 0) is 17.9 Å². The number of amides is 1. The fraction of sp³-hybridized carbons (Fsp3) is 0.556. The number of fused-ring (bicyclic) bond motifs is 1. The van der Waals surface area contributed by atoms with Crippen LogP contribution in [0.5, 0.6) is 5.75 Å². The highest BCUT2D eigenvalue weighted by Gasteiger charge is 2.52. The summed E-state index contributed by atoms with van der Waals surface area (Å²) < 4.78 is 7.65. The highest BCUT2D eigenvalue weighted by atomic mass is 16.5. The number of aliphatic hydroxyl groups excluding tert-OH is 1. The third kappa shape index (κ3) is 5.99. The number of rotatable bonds is 9. The van der Waals surface area contributed by atoms with Crippen molar-refractivity contribution in [3.63, 3.8) is 0 Å². The van der Waals surface area contributed by atoms with Gasteiger partial charge in [0.1, 0.15) is 16.8 Å². The van der Waals surface area contributed by atoms with E-state index in [1.165, 1.54) is 5.56 Å². The molecule has 38 heavy (non-hydrogen) atoms. The van der Waals surface area contributed by atoms with E-state index in [-0.39, 0.29) is 18.5 Å². The molecule has 11 nitrogen and oxygen atoms in total. The maximum Gasteiger partial charge on any atom is 0.222 e. The first-order chi connectivity index (χ1) is 18.3. The van der Waals surface area contributed by atoms with Crippen LogP contribution in [0.25, 0.3) is 11.0 Å². The van der Waals surface area contributed by atoms with Gasteiger partial charge in [0.2, 0.25) is 11.9 Å². The molecule has 11 heteroatoms. The topological polar surface area (TPSA) is 135 Å². The molecule has 2 aliphatic heterocycles. The van der Waals surface area contributed by atoms with Crippen molar-refractivity contribution >= 4 is 28.7 Å². The number of hydrogen-bond acceptors (Lipinski definition) is 9. The zero-order valence-corrected chi connectivity index (χ0v) is 22.9. The molecule has 0 radical (unpaired) electrons. The predicted molar refractivity (Wildman–Crippen MR) is 148 cm³/mol. The molecule has 3 aromatic rings. The third-order valence-electron chi connectivity index (χ3n) is 7.02. The van der Waals surface area contributed by atoms with Crippen molar-refractivity contribution in [3.8, 4) is 5.75 Å². The van der Waals surface area contributed by atoms with Crippen molar-refractivity contribution in [1.29, 1.82) is 0 Å². The molecule has 2 aliphatic rings. The second kappa shape index (κ2) is 12.0. The van der Waals surface area contributed by atoms with Crippen LogP contribution >= 0.6 is 0 Å². The van der Waals surface area contributed by atoms with Gasteiger partial charge in [-0.15, -0.1) is 0 Å². The maximum absolute atomic E-state index is 11.5. The maximum atomic E-state index is 11.5. The highest BCUT2D eigenvalue weighted by Crippen LogP contribution is 2.40. The lowest BCUT2D eigenvalue weighted by atomic mass is 9.72. The highest BCUT2D eigenvalue weighted by molar-refractivity contribution is 5.86. The van der Waals surface area contributed by atoms with Gasteiger partial charge in [-0.05, 0) is 25.0 Å². The van der Waals surface area contributed by atoms with Crippen LogP contribution in [0.4, 0.5) is 11.8 Å². The molecule has 1 aromatic carbocycles. The lowest BCUT2D eigenvalue weighted by molar-refractivity contribution is -0.157. The number of nitrogens with one attached hydrogen (secondary N) is 1. The molecular weight excluding hydrogens is 484 g/mol. The zero-order valence-electron chi connectivity index (χ0n) is 22.9. The van der Waals surface area contributed by atoms with Gasteiger partial charge < -0.3 is 25.8 Å². The summed E-state index contributed by atoms with van der Waals surface area (Å²) in [6.07, 6.45) is 3.86. The molecule has 1 amide bonds. The molecular formula is C27H40N8O3. The molecule has 1 spiro atoms. The summed E-state index contributed by atoms with van der Waals surface area (Å²) >= 11 is 0. The van der Waals surface area contributed by atoms with Crippen molar-refractivity contribution in [3.05, 3.63) is 35.5 Å². The lowest BCUT2D eigenvalue weighted by Gasteiger charge is -2.60. The van der Waals surface area contributed by atoms with Gasteiger partial charge in [-0.1, -0.05) is 25.5 Å². The standard InChI is InChI=1S/C25H34N8O2.C2H6O/c1-4-5-8-27-23-22-20(29-24(26)30-23)10-28-33(22)12-19-7-6-18(9-21(19)35-3)11-31-13-25(14-31)15-32(16-25)17(2)34;1-2-3/h6-7,9-10H,4-5,8,11-16H2,1-3H3,(H3,26,27,29,30);3H,2H2,1H3. The molecule has 4 N–H and O–H groups in total.